The zero-order valence-electron chi connectivity index (χ0n) is 12.9. The van der Waals surface area contributed by atoms with Gasteiger partial charge in [-0.25, -0.2) is 4.98 Å². The molecule has 0 spiro atoms. The first kappa shape index (κ1) is 14.9. The minimum Gasteiger partial charge on any atom is -0.382 e. The van der Waals surface area contributed by atoms with E-state index in [1.54, 1.807) is 11.3 Å². The maximum atomic E-state index is 4.61. The fraction of sp³-hybridized carbons (Fsp3) is 0.278. The van der Waals surface area contributed by atoms with Gasteiger partial charge in [0.05, 0.1) is 5.69 Å². The second-order valence-corrected chi connectivity index (χ2v) is 6.45. The number of hydrogen-bond donors (Lipinski definition) is 2. The lowest BCUT2D eigenvalue weighted by Gasteiger charge is -2.08. The molecule has 1 saturated carbocycles. The number of nitrogens with one attached hydrogen (secondary N) is 2. The third-order valence-electron chi connectivity index (χ3n) is 3.70. The molecule has 1 aliphatic rings. The Balaban J connectivity index is 1.69. The summed E-state index contributed by atoms with van der Waals surface area (Å²) in [4.78, 5) is 4.61. The summed E-state index contributed by atoms with van der Waals surface area (Å²) >= 11 is 1.60. The summed E-state index contributed by atoms with van der Waals surface area (Å²) in [5.41, 5.74) is 5.24. The Kier molecular flexibility index (Phi) is 4.29. The highest BCUT2D eigenvalue weighted by atomic mass is 32.1. The number of benzene rings is 1. The number of hydrogen-bond acceptors (Lipinski definition) is 4. The van der Waals surface area contributed by atoms with Crippen LogP contribution in [0.15, 0.2) is 48.5 Å². The topological polar surface area (TPSA) is 37.0 Å². The standard InChI is InChI=1S/C18H21N3S/c1-4-12(2)19-18-21-17(11-22-18)15-7-5-14(6-8-15)13(3)20-16-9-10-16/h5-8,11,16,20H,2-4,9-10H2,1H3,(H,19,21). The lowest BCUT2D eigenvalue weighted by molar-refractivity contribution is 0.885. The van der Waals surface area contributed by atoms with Crippen molar-refractivity contribution in [1.82, 2.24) is 10.3 Å². The fourth-order valence-corrected chi connectivity index (χ4v) is 2.87. The molecule has 22 heavy (non-hydrogen) atoms. The molecule has 114 valence electrons. The van der Waals surface area contributed by atoms with Crippen molar-refractivity contribution in [3.63, 3.8) is 0 Å². The number of thiazole rings is 1. The Morgan fingerprint density at radius 3 is 2.64 bits per heavy atom. The van der Waals surface area contributed by atoms with E-state index in [4.69, 9.17) is 0 Å². The van der Waals surface area contributed by atoms with Gasteiger partial charge in [0.2, 0.25) is 0 Å². The van der Waals surface area contributed by atoms with Crippen molar-refractivity contribution in [3.05, 3.63) is 54.1 Å². The molecule has 0 saturated heterocycles. The van der Waals surface area contributed by atoms with Crippen LogP contribution in [0.1, 0.15) is 31.7 Å². The molecule has 0 amide bonds. The minimum atomic E-state index is 0.631. The fourth-order valence-electron chi connectivity index (χ4n) is 2.10. The van der Waals surface area contributed by atoms with Crippen molar-refractivity contribution in [3.8, 4) is 11.3 Å². The molecule has 1 aromatic carbocycles. The molecule has 1 fully saturated rings. The van der Waals surface area contributed by atoms with Crippen molar-refractivity contribution in [2.45, 2.75) is 32.2 Å². The predicted molar refractivity (Wildman–Crippen MR) is 95.8 cm³/mol. The summed E-state index contributed by atoms with van der Waals surface area (Å²) in [6.45, 7) is 10.1. The van der Waals surface area contributed by atoms with E-state index in [1.165, 1.54) is 12.8 Å². The van der Waals surface area contributed by atoms with Crippen LogP contribution < -0.4 is 10.6 Å². The first-order chi connectivity index (χ1) is 10.7. The maximum absolute atomic E-state index is 4.61. The zero-order valence-corrected chi connectivity index (χ0v) is 13.7. The monoisotopic (exact) mass is 311 g/mol. The van der Waals surface area contributed by atoms with E-state index in [9.17, 15) is 0 Å². The highest BCUT2D eigenvalue weighted by Crippen LogP contribution is 2.27. The summed E-state index contributed by atoms with van der Waals surface area (Å²) in [5, 5.41) is 9.62. The van der Waals surface area contributed by atoms with Crippen LogP contribution in [-0.4, -0.2) is 11.0 Å². The molecule has 0 aliphatic heterocycles. The number of aromatic nitrogens is 1. The third kappa shape index (κ3) is 3.57. The molecule has 4 heteroatoms. The normalized spacial score (nSPS) is 13.7. The first-order valence-corrected chi connectivity index (χ1v) is 8.50. The lowest BCUT2D eigenvalue weighted by atomic mass is 10.1. The van der Waals surface area contributed by atoms with E-state index in [2.05, 4.69) is 65.3 Å². The number of rotatable bonds is 7. The van der Waals surface area contributed by atoms with Crippen LogP contribution in [0.25, 0.3) is 17.0 Å². The van der Waals surface area contributed by atoms with E-state index >= 15 is 0 Å². The first-order valence-electron chi connectivity index (χ1n) is 7.62. The van der Waals surface area contributed by atoms with E-state index < -0.39 is 0 Å². The van der Waals surface area contributed by atoms with Crippen LogP contribution in [0.5, 0.6) is 0 Å². The maximum Gasteiger partial charge on any atom is 0.187 e. The van der Waals surface area contributed by atoms with E-state index in [0.29, 0.717) is 6.04 Å². The van der Waals surface area contributed by atoms with Crippen LogP contribution in [0, 0.1) is 0 Å². The highest BCUT2D eigenvalue weighted by molar-refractivity contribution is 7.14. The Morgan fingerprint density at radius 1 is 1.27 bits per heavy atom. The Labute approximate surface area is 135 Å². The van der Waals surface area contributed by atoms with Gasteiger partial charge in [-0.1, -0.05) is 44.3 Å². The molecule has 0 unspecified atom stereocenters. The Morgan fingerprint density at radius 2 is 2.00 bits per heavy atom. The van der Waals surface area contributed by atoms with Crippen molar-refractivity contribution in [2.75, 3.05) is 5.32 Å². The summed E-state index contributed by atoms with van der Waals surface area (Å²) in [6, 6.07) is 9.03. The third-order valence-corrected chi connectivity index (χ3v) is 4.46. The molecule has 2 N–H and O–H groups in total. The summed E-state index contributed by atoms with van der Waals surface area (Å²) in [5.74, 6) is 0. The molecule has 0 radical (unpaired) electrons. The van der Waals surface area contributed by atoms with E-state index in [0.717, 1.165) is 39.8 Å². The molecular weight excluding hydrogens is 290 g/mol. The van der Waals surface area contributed by atoms with Crippen LogP contribution in [-0.2, 0) is 0 Å². The summed E-state index contributed by atoms with van der Waals surface area (Å²) in [6.07, 6.45) is 3.42. The quantitative estimate of drug-likeness (QED) is 0.766. The molecule has 3 rings (SSSR count). The van der Waals surface area contributed by atoms with Gasteiger partial charge in [0.15, 0.2) is 5.13 Å². The van der Waals surface area contributed by atoms with E-state index in [-0.39, 0.29) is 0 Å². The van der Waals surface area contributed by atoms with Gasteiger partial charge in [-0.3, -0.25) is 0 Å². The molecular formula is C18H21N3S. The van der Waals surface area contributed by atoms with Crippen molar-refractivity contribution < 1.29 is 0 Å². The van der Waals surface area contributed by atoms with Crippen LogP contribution >= 0.6 is 11.3 Å². The van der Waals surface area contributed by atoms with Crippen LogP contribution in [0.4, 0.5) is 5.13 Å². The molecule has 1 heterocycles. The predicted octanol–water partition coefficient (Wildman–Crippen LogP) is 4.87. The van der Waals surface area contributed by atoms with Gasteiger partial charge in [0.25, 0.3) is 0 Å². The van der Waals surface area contributed by atoms with Gasteiger partial charge in [-0.2, -0.15) is 0 Å². The Hall–Kier alpha value is -2.07. The van der Waals surface area contributed by atoms with Gasteiger partial charge < -0.3 is 10.6 Å². The van der Waals surface area contributed by atoms with Crippen LogP contribution in [0.3, 0.4) is 0 Å². The Bertz CT molecular complexity index is 681. The van der Waals surface area contributed by atoms with Gasteiger partial charge in [-0.15, -0.1) is 11.3 Å². The van der Waals surface area contributed by atoms with Gasteiger partial charge in [-0.05, 0) is 24.8 Å². The van der Waals surface area contributed by atoms with Crippen molar-refractivity contribution >= 4 is 22.2 Å². The second-order valence-electron chi connectivity index (χ2n) is 5.59. The summed E-state index contributed by atoms with van der Waals surface area (Å²) < 4.78 is 0. The molecule has 1 aliphatic carbocycles. The SMILES string of the molecule is C=C(CC)Nc1nc(-c2ccc(C(=C)NC3CC3)cc2)cs1. The second kappa shape index (κ2) is 6.36. The number of anilines is 1. The molecule has 2 aromatic rings. The van der Waals surface area contributed by atoms with Gasteiger partial charge >= 0.3 is 0 Å². The van der Waals surface area contributed by atoms with Gasteiger partial charge in [0, 0.05) is 28.4 Å². The smallest absolute Gasteiger partial charge is 0.187 e. The molecule has 1 aromatic heterocycles. The average molecular weight is 311 g/mol. The van der Waals surface area contributed by atoms with E-state index in [1.807, 2.05) is 0 Å². The lowest BCUT2D eigenvalue weighted by Crippen LogP contribution is -2.13. The number of nitrogens with zero attached hydrogens (tertiary/aromatic N) is 1. The number of allylic oxidation sites excluding steroid dienone is 1. The van der Waals surface area contributed by atoms with Crippen LogP contribution in [0.2, 0.25) is 0 Å². The molecule has 3 nitrogen and oxygen atoms in total. The molecule has 0 atom stereocenters. The largest absolute Gasteiger partial charge is 0.382 e. The summed E-state index contributed by atoms with van der Waals surface area (Å²) in [7, 11) is 0. The highest BCUT2D eigenvalue weighted by Gasteiger charge is 2.21. The van der Waals surface area contributed by atoms with Crippen molar-refractivity contribution in [2.24, 2.45) is 0 Å². The average Bonchev–Trinajstić information content (AvgIpc) is 3.23. The molecule has 0 bridgehead atoms. The van der Waals surface area contributed by atoms with Crippen molar-refractivity contribution in [1.29, 1.82) is 0 Å². The minimum absolute atomic E-state index is 0.631. The zero-order chi connectivity index (χ0) is 15.5. The van der Waals surface area contributed by atoms with Gasteiger partial charge in [0.1, 0.15) is 0 Å².